The number of urea groups is 1. The number of imide groups is 1. The van der Waals surface area contributed by atoms with Gasteiger partial charge in [0.15, 0.2) is 0 Å². The molecule has 2 fully saturated rings. The minimum absolute atomic E-state index is 0.0285. The van der Waals surface area contributed by atoms with Gasteiger partial charge in [0.05, 0.1) is 11.4 Å². The first kappa shape index (κ1) is 21.3. The fourth-order valence-electron chi connectivity index (χ4n) is 3.80. The fraction of sp³-hybridized carbons (Fsp3) is 0.526. The van der Waals surface area contributed by atoms with Crippen molar-refractivity contribution >= 4 is 27.9 Å². The van der Waals surface area contributed by atoms with Crippen LogP contribution in [0.25, 0.3) is 0 Å². The third-order valence-corrected chi connectivity index (χ3v) is 7.50. The number of hydrogen-bond donors (Lipinski definition) is 1. The number of piperidine rings is 1. The zero-order chi connectivity index (χ0) is 21.2. The van der Waals surface area contributed by atoms with Crippen molar-refractivity contribution in [3.05, 3.63) is 29.8 Å². The van der Waals surface area contributed by atoms with Crippen molar-refractivity contribution in [2.24, 2.45) is 0 Å². The van der Waals surface area contributed by atoms with E-state index in [9.17, 15) is 22.8 Å². The lowest BCUT2D eigenvalue weighted by molar-refractivity contribution is -0.127. The quantitative estimate of drug-likeness (QED) is 0.685. The van der Waals surface area contributed by atoms with Gasteiger partial charge in [0.25, 0.3) is 5.91 Å². The van der Waals surface area contributed by atoms with Crippen LogP contribution in [0.15, 0.2) is 29.2 Å². The van der Waals surface area contributed by atoms with E-state index >= 15 is 0 Å². The Morgan fingerprint density at radius 3 is 2.17 bits per heavy atom. The van der Waals surface area contributed by atoms with Crippen LogP contribution < -0.4 is 5.32 Å². The lowest BCUT2D eigenvalue weighted by Gasteiger charge is -2.35. The number of sulfonamides is 1. The summed E-state index contributed by atoms with van der Waals surface area (Å²) in [6.45, 7) is 5.21. The standard InChI is InChI=1S/C19H26N4O5S/c1-3-22(4-2)29(27,28)16-7-5-14(6-8-16)18(25)21-11-9-15(10-12-21)23-17(24)13-20-19(23)26/h5-8,15H,3-4,9-13H2,1-2H3,(H,20,26). The Labute approximate surface area is 170 Å². The van der Waals surface area contributed by atoms with E-state index in [0.29, 0.717) is 44.6 Å². The second kappa shape index (κ2) is 8.50. The number of nitrogens with zero attached hydrogens (tertiary/aromatic N) is 3. The highest BCUT2D eigenvalue weighted by atomic mass is 32.2. The van der Waals surface area contributed by atoms with Gasteiger partial charge in [-0.2, -0.15) is 4.31 Å². The lowest BCUT2D eigenvalue weighted by Crippen LogP contribution is -2.49. The summed E-state index contributed by atoms with van der Waals surface area (Å²) in [6.07, 6.45) is 1.05. The molecule has 2 aliphatic heterocycles. The van der Waals surface area contributed by atoms with Gasteiger partial charge in [0, 0.05) is 37.8 Å². The molecule has 2 aliphatic rings. The van der Waals surface area contributed by atoms with Crippen LogP contribution in [-0.4, -0.2) is 79.1 Å². The molecule has 0 spiro atoms. The molecule has 29 heavy (non-hydrogen) atoms. The van der Waals surface area contributed by atoms with E-state index in [2.05, 4.69) is 5.32 Å². The van der Waals surface area contributed by atoms with Crippen molar-refractivity contribution in [3.63, 3.8) is 0 Å². The average molecular weight is 423 g/mol. The van der Waals surface area contributed by atoms with Crippen LogP contribution in [0.4, 0.5) is 4.79 Å². The van der Waals surface area contributed by atoms with E-state index in [0.717, 1.165) is 0 Å². The summed E-state index contributed by atoms with van der Waals surface area (Å²) in [7, 11) is -3.56. The molecule has 0 aromatic heterocycles. The van der Waals surface area contributed by atoms with Crippen LogP contribution >= 0.6 is 0 Å². The summed E-state index contributed by atoms with van der Waals surface area (Å²) in [5.74, 6) is -0.419. The summed E-state index contributed by atoms with van der Waals surface area (Å²) in [4.78, 5) is 39.5. The second-order valence-electron chi connectivity index (χ2n) is 7.06. The van der Waals surface area contributed by atoms with Crippen molar-refractivity contribution in [2.45, 2.75) is 37.6 Å². The van der Waals surface area contributed by atoms with Crippen LogP contribution in [0.1, 0.15) is 37.0 Å². The summed E-state index contributed by atoms with van der Waals surface area (Å²) < 4.78 is 26.5. The highest BCUT2D eigenvalue weighted by Gasteiger charge is 2.37. The maximum Gasteiger partial charge on any atom is 0.324 e. The van der Waals surface area contributed by atoms with Gasteiger partial charge in [-0.1, -0.05) is 13.8 Å². The lowest BCUT2D eigenvalue weighted by atomic mass is 10.0. The van der Waals surface area contributed by atoms with E-state index < -0.39 is 10.0 Å². The number of likely N-dealkylation sites (tertiary alicyclic amines) is 1. The molecule has 0 saturated carbocycles. The molecule has 1 aromatic carbocycles. The molecule has 4 amide bonds. The van der Waals surface area contributed by atoms with Crippen molar-refractivity contribution in [1.29, 1.82) is 0 Å². The Morgan fingerprint density at radius 2 is 1.69 bits per heavy atom. The molecule has 0 atom stereocenters. The molecule has 2 saturated heterocycles. The van der Waals surface area contributed by atoms with Crippen molar-refractivity contribution in [1.82, 2.24) is 19.4 Å². The Kier molecular flexibility index (Phi) is 6.23. The summed E-state index contributed by atoms with van der Waals surface area (Å²) in [5.41, 5.74) is 0.414. The largest absolute Gasteiger partial charge is 0.338 e. The monoisotopic (exact) mass is 422 g/mol. The third kappa shape index (κ3) is 4.13. The molecule has 0 radical (unpaired) electrons. The fourth-order valence-corrected chi connectivity index (χ4v) is 5.25. The van der Waals surface area contributed by atoms with Crippen LogP contribution in [0.3, 0.4) is 0 Å². The maximum absolute atomic E-state index is 12.8. The number of carbonyl (C=O) groups is 3. The smallest absolute Gasteiger partial charge is 0.324 e. The first-order valence-electron chi connectivity index (χ1n) is 9.79. The van der Waals surface area contributed by atoms with Gasteiger partial charge in [0.1, 0.15) is 0 Å². The number of nitrogens with one attached hydrogen (secondary N) is 1. The Bertz CT molecular complexity index is 872. The number of carbonyl (C=O) groups excluding carboxylic acids is 3. The Morgan fingerprint density at radius 1 is 1.10 bits per heavy atom. The molecule has 0 aliphatic carbocycles. The van der Waals surface area contributed by atoms with Crippen molar-refractivity contribution in [3.8, 4) is 0 Å². The molecule has 10 heteroatoms. The highest BCUT2D eigenvalue weighted by Crippen LogP contribution is 2.22. The van der Waals surface area contributed by atoms with Crippen LogP contribution in [0, 0.1) is 0 Å². The van der Waals surface area contributed by atoms with E-state index in [4.69, 9.17) is 0 Å². The van der Waals surface area contributed by atoms with Gasteiger partial charge in [-0.15, -0.1) is 0 Å². The van der Waals surface area contributed by atoms with Gasteiger partial charge < -0.3 is 10.2 Å². The van der Waals surface area contributed by atoms with E-state index in [1.807, 2.05) is 0 Å². The zero-order valence-corrected chi connectivity index (χ0v) is 17.4. The number of amides is 4. The van der Waals surface area contributed by atoms with Crippen molar-refractivity contribution < 1.29 is 22.8 Å². The molecule has 0 unspecified atom stereocenters. The van der Waals surface area contributed by atoms with Gasteiger partial charge in [-0.05, 0) is 37.1 Å². The third-order valence-electron chi connectivity index (χ3n) is 5.44. The average Bonchev–Trinajstić information content (AvgIpc) is 3.06. The normalized spacial score (nSPS) is 18.4. The Hall–Kier alpha value is -2.46. The minimum atomic E-state index is -3.56. The Balaban J connectivity index is 1.64. The molecule has 9 nitrogen and oxygen atoms in total. The summed E-state index contributed by atoms with van der Waals surface area (Å²) in [6, 6.07) is 5.41. The number of rotatable bonds is 6. The first-order chi connectivity index (χ1) is 13.8. The molecule has 3 rings (SSSR count). The van der Waals surface area contributed by atoms with Gasteiger partial charge in [-0.3, -0.25) is 14.5 Å². The van der Waals surface area contributed by atoms with E-state index in [-0.39, 0.29) is 35.3 Å². The molecule has 2 heterocycles. The molecule has 158 valence electrons. The number of benzene rings is 1. The zero-order valence-electron chi connectivity index (χ0n) is 16.6. The predicted molar refractivity (Wildman–Crippen MR) is 106 cm³/mol. The van der Waals surface area contributed by atoms with Crippen LogP contribution in [0.2, 0.25) is 0 Å². The second-order valence-corrected chi connectivity index (χ2v) is 9.00. The molecule has 0 bridgehead atoms. The maximum atomic E-state index is 12.8. The van der Waals surface area contributed by atoms with Crippen molar-refractivity contribution in [2.75, 3.05) is 32.7 Å². The van der Waals surface area contributed by atoms with E-state index in [1.54, 1.807) is 18.7 Å². The molecule has 1 N–H and O–H groups in total. The molecular weight excluding hydrogens is 396 g/mol. The van der Waals surface area contributed by atoms with Gasteiger partial charge >= 0.3 is 6.03 Å². The summed E-state index contributed by atoms with van der Waals surface area (Å²) >= 11 is 0. The highest BCUT2D eigenvalue weighted by molar-refractivity contribution is 7.89. The molecule has 1 aromatic rings. The van der Waals surface area contributed by atoms with Crippen LogP contribution in [-0.2, 0) is 14.8 Å². The SMILES string of the molecule is CCN(CC)S(=O)(=O)c1ccc(C(=O)N2CCC(N3C(=O)CNC3=O)CC2)cc1. The molecular formula is C19H26N4O5S. The minimum Gasteiger partial charge on any atom is -0.338 e. The number of hydrogen-bond acceptors (Lipinski definition) is 5. The summed E-state index contributed by atoms with van der Waals surface area (Å²) in [5, 5.41) is 2.51. The van der Waals surface area contributed by atoms with Crippen LogP contribution in [0.5, 0.6) is 0 Å². The van der Waals surface area contributed by atoms with E-state index in [1.165, 1.54) is 33.5 Å². The van der Waals surface area contributed by atoms with Gasteiger partial charge in [-0.25, -0.2) is 13.2 Å². The van der Waals surface area contributed by atoms with Gasteiger partial charge in [0.2, 0.25) is 15.9 Å². The predicted octanol–water partition coefficient (Wildman–Crippen LogP) is 0.874. The first-order valence-corrected chi connectivity index (χ1v) is 11.2. The topological polar surface area (TPSA) is 107 Å².